The second-order valence-corrected chi connectivity index (χ2v) is 5.75. The van der Waals surface area contributed by atoms with Crippen molar-refractivity contribution < 1.29 is 19.1 Å². The van der Waals surface area contributed by atoms with Gasteiger partial charge in [0, 0.05) is 0 Å². The lowest BCUT2D eigenvalue weighted by Gasteiger charge is -2.22. The van der Waals surface area contributed by atoms with Crippen LogP contribution in [0.3, 0.4) is 0 Å². The van der Waals surface area contributed by atoms with E-state index < -0.39 is 24.0 Å². The maximum Gasteiger partial charge on any atom is 0.318 e. The molecule has 0 aromatic heterocycles. The van der Waals surface area contributed by atoms with Crippen LogP contribution in [0.4, 0.5) is 4.79 Å². The Morgan fingerprint density at radius 3 is 2.06 bits per heavy atom. The van der Waals surface area contributed by atoms with Crippen LogP contribution in [0.2, 0.25) is 0 Å². The van der Waals surface area contributed by atoms with Crippen LogP contribution < -0.4 is 11.1 Å². The molecule has 18 heavy (non-hydrogen) atoms. The minimum absolute atomic E-state index is 0.195. The molecule has 0 heterocycles. The molecule has 0 aromatic carbocycles. The molecule has 0 fully saturated rings. The molecule has 0 radical (unpaired) electrons. The fourth-order valence-electron chi connectivity index (χ4n) is 1.30. The first-order valence-corrected chi connectivity index (χ1v) is 5.82. The molecular formula is C12H22N2O4. The molecule has 0 saturated heterocycles. The van der Waals surface area contributed by atoms with Crippen molar-refractivity contribution in [3.05, 3.63) is 0 Å². The highest BCUT2D eigenvalue weighted by Crippen LogP contribution is 2.20. The summed E-state index contributed by atoms with van der Waals surface area (Å²) in [7, 11) is 0. The Hall–Kier alpha value is -1.59. The van der Waals surface area contributed by atoms with Gasteiger partial charge in [-0.2, -0.15) is 0 Å². The normalized spacial score (nSPS) is 13.0. The zero-order valence-corrected chi connectivity index (χ0v) is 11.6. The van der Waals surface area contributed by atoms with Crippen LogP contribution in [0, 0.1) is 11.3 Å². The average Bonchev–Trinajstić information content (AvgIpc) is 2.09. The lowest BCUT2D eigenvalue weighted by atomic mass is 9.92. The van der Waals surface area contributed by atoms with Gasteiger partial charge in [-0.3, -0.25) is 14.9 Å². The first-order valence-electron chi connectivity index (χ1n) is 5.82. The number of carbonyl (C=O) groups excluding carboxylic acids is 3. The van der Waals surface area contributed by atoms with Gasteiger partial charge in [-0.1, -0.05) is 34.6 Å². The van der Waals surface area contributed by atoms with E-state index in [9.17, 15) is 14.4 Å². The van der Waals surface area contributed by atoms with E-state index >= 15 is 0 Å². The third-order valence-corrected chi connectivity index (χ3v) is 2.04. The van der Waals surface area contributed by atoms with E-state index in [1.807, 2.05) is 26.1 Å². The predicted octanol–water partition coefficient (Wildman–Crippen LogP) is 1.19. The van der Waals surface area contributed by atoms with E-state index in [-0.39, 0.29) is 17.8 Å². The molecular weight excluding hydrogens is 236 g/mol. The Morgan fingerprint density at radius 1 is 1.22 bits per heavy atom. The fraction of sp³-hybridized carbons (Fsp3) is 0.750. The van der Waals surface area contributed by atoms with Crippen molar-refractivity contribution in [2.75, 3.05) is 0 Å². The summed E-state index contributed by atoms with van der Waals surface area (Å²) in [5.74, 6) is -1.41. The van der Waals surface area contributed by atoms with E-state index in [4.69, 9.17) is 10.5 Å². The summed E-state index contributed by atoms with van der Waals surface area (Å²) in [6.07, 6.45) is -0.813. The molecule has 3 N–H and O–H groups in total. The fourth-order valence-corrected chi connectivity index (χ4v) is 1.30. The monoisotopic (exact) mass is 258 g/mol. The number of hydrogen-bond donors (Lipinski definition) is 2. The summed E-state index contributed by atoms with van der Waals surface area (Å²) < 4.78 is 5.09. The van der Waals surface area contributed by atoms with E-state index in [1.165, 1.54) is 0 Å². The van der Waals surface area contributed by atoms with Crippen molar-refractivity contribution >= 4 is 17.9 Å². The standard InChI is InChI=1S/C12H22N2O4/c1-7(2)9(10(16)14-11(13)17)18-8(15)6-12(3,4)5/h7,9H,6H2,1-5H3,(H3,13,14,16,17)/t9-/m1/s1. The van der Waals surface area contributed by atoms with Crippen molar-refractivity contribution in [1.82, 2.24) is 5.32 Å². The molecule has 0 bridgehead atoms. The number of amides is 3. The summed E-state index contributed by atoms with van der Waals surface area (Å²) in [6, 6.07) is -0.961. The topological polar surface area (TPSA) is 98.5 Å². The maximum atomic E-state index is 11.6. The van der Waals surface area contributed by atoms with Gasteiger partial charge in [0.05, 0.1) is 6.42 Å². The summed E-state index contributed by atoms with van der Waals surface area (Å²) in [4.78, 5) is 33.9. The Kier molecular flexibility index (Phi) is 5.81. The number of carbonyl (C=O) groups is 3. The molecule has 104 valence electrons. The molecule has 0 spiro atoms. The van der Waals surface area contributed by atoms with E-state index in [2.05, 4.69) is 0 Å². The third kappa shape index (κ3) is 6.88. The molecule has 0 saturated carbocycles. The van der Waals surface area contributed by atoms with Gasteiger partial charge in [0.2, 0.25) is 0 Å². The molecule has 0 aliphatic rings. The van der Waals surface area contributed by atoms with Crippen LogP contribution >= 0.6 is 0 Å². The summed E-state index contributed by atoms with van der Waals surface area (Å²) in [5, 5.41) is 1.92. The average molecular weight is 258 g/mol. The van der Waals surface area contributed by atoms with Crippen molar-refractivity contribution in [2.45, 2.75) is 47.1 Å². The van der Waals surface area contributed by atoms with Gasteiger partial charge in [-0.05, 0) is 11.3 Å². The van der Waals surface area contributed by atoms with Crippen LogP contribution in [-0.4, -0.2) is 24.0 Å². The number of esters is 1. The smallest absolute Gasteiger partial charge is 0.318 e. The minimum atomic E-state index is -1.01. The zero-order valence-electron chi connectivity index (χ0n) is 11.6. The molecule has 0 aromatic rings. The summed E-state index contributed by atoms with van der Waals surface area (Å²) in [6.45, 7) is 9.11. The van der Waals surface area contributed by atoms with Crippen molar-refractivity contribution in [2.24, 2.45) is 17.1 Å². The van der Waals surface area contributed by atoms with Crippen LogP contribution in [0.1, 0.15) is 41.0 Å². The van der Waals surface area contributed by atoms with Crippen LogP contribution in [0.5, 0.6) is 0 Å². The Morgan fingerprint density at radius 2 is 1.72 bits per heavy atom. The van der Waals surface area contributed by atoms with Gasteiger partial charge >= 0.3 is 12.0 Å². The quantitative estimate of drug-likeness (QED) is 0.740. The van der Waals surface area contributed by atoms with Gasteiger partial charge in [-0.25, -0.2) is 4.79 Å². The van der Waals surface area contributed by atoms with Gasteiger partial charge in [0.1, 0.15) is 0 Å². The lowest BCUT2D eigenvalue weighted by molar-refractivity contribution is -0.159. The Balaban J connectivity index is 4.59. The second-order valence-electron chi connectivity index (χ2n) is 5.75. The van der Waals surface area contributed by atoms with E-state index in [0.717, 1.165) is 0 Å². The molecule has 3 amide bonds. The number of urea groups is 1. The number of hydrogen-bond acceptors (Lipinski definition) is 4. The van der Waals surface area contributed by atoms with E-state index in [0.29, 0.717) is 0 Å². The number of nitrogens with two attached hydrogens (primary N) is 1. The first kappa shape index (κ1) is 16.4. The van der Waals surface area contributed by atoms with E-state index in [1.54, 1.807) is 13.8 Å². The third-order valence-electron chi connectivity index (χ3n) is 2.04. The van der Waals surface area contributed by atoms with Crippen molar-refractivity contribution in [3.8, 4) is 0 Å². The van der Waals surface area contributed by atoms with Crippen molar-refractivity contribution in [1.29, 1.82) is 0 Å². The Labute approximate surface area is 107 Å². The van der Waals surface area contributed by atoms with Crippen LogP contribution in [0.15, 0.2) is 0 Å². The highest BCUT2D eigenvalue weighted by Gasteiger charge is 2.28. The second kappa shape index (κ2) is 6.37. The number of primary amides is 1. The summed E-state index contributed by atoms with van der Waals surface area (Å²) in [5.41, 5.74) is 4.63. The highest BCUT2D eigenvalue weighted by molar-refractivity contribution is 5.96. The number of nitrogens with one attached hydrogen (secondary N) is 1. The van der Waals surface area contributed by atoms with Gasteiger partial charge in [0.25, 0.3) is 5.91 Å². The number of rotatable bonds is 4. The lowest BCUT2D eigenvalue weighted by Crippen LogP contribution is -2.45. The van der Waals surface area contributed by atoms with Crippen LogP contribution in [-0.2, 0) is 14.3 Å². The number of imide groups is 1. The van der Waals surface area contributed by atoms with Crippen LogP contribution in [0.25, 0.3) is 0 Å². The Bertz CT molecular complexity index is 331. The molecule has 0 rings (SSSR count). The summed E-state index contributed by atoms with van der Waals surface area (Å²) >= 11 is 0. The molecule has 6 heteroatoms. The van der Waals surface area contributed by atoms with Gasteiger partial charge in [0.15, 0.2) is 6.10 Å². The largest absolute Gasteiger partial charge is 0.452 e. The van der Waals surface area contributed by atoms with Gasteiger partial charge < -0.3 is 10.5 Å². The first-order chi connectivity index (χ1) is 8.03. The number of ether oxygens (including phenoxy) is 1. The highest BCUT2D eigenvalue weighted by atomic mass is 16.5. The molecule has 1 atom stereocenters. The minimum Gasteiger partial charge on any atom is -0.452 e. The molecule has 6 nitrogen and oxygen atoms in total. The SMILES string of the molecule is CC(C)[C@@H](OC(=O)CC(C)(C)C)C(=O)NC(N)=O. The molecule has 0 aliphatic carbocycles. The maximum absolute atomic E-state index is 11.6. The van der Waals surface area contributed by atoms with Gasteiger partial charge in [-0.15, -0.1) is 0 Å². The molecule has 0 aliphatic heterocycles. The molecule has 0 unspecified atom stereocenters. The van der Waals surface area contributed by atoms with Crippen molar-refractivity contribution in [3.63, 3.8) is 0 Å². The zero-order chi connectivity index (χ0) is 14.5. The predicted molar refractivity (Wildman–Crippen MR) is 66.5 cm³/mol.